The van der Waals surface area contributed by atoms with E-state index >= 15 is 0 Å². The number of hydrogen-bond donors (Lipinski definition) is 2. The maximum absolute atomic E-state index is 12.0. The SMILES string of the molecule is Cc1ccccc1COc1ccc(CCC(C)(C(=O)NO)S(C)(=O)=O)cc1. The van der Waals surface area contributed by atoms with Crippen LogP contribution < -0.4 is 10.2 Å². The summed E-state index contributed by atoms with van der Waals surface area (Å²) in [5.74, 6) is -0.218. The van der Waals surface area contributed by atoms with Gasteiger partial charge in [-0.15, -0.1) is 0 Å². The highest BCUT2D eigenvalue weighted by Crippen LogP contribution is 2.24. The first kappa shape index (κ1) is 20.9. The van der Waals surface area contributed by atoms with Gasteiger partial charge in [-0.1, -0.05) is 36.4 Å². The maximum atomic E-state index is 12.0. The van der Waals surface area contributed by atoms with Gasteiger partial charge in [0.15, 0.2) is 9.84 Å². The van der Waals surface area contributed by atoms with Crippen LogP contribution in [0.25, 0.3) is 0 Å². The van der Waals surface area contributed by atoms with E-state index in [0.29, 0.717) is 18.8 Å². The quantitative estimate of drug-likeness (QED) is 0.533. The molecule has 2 rings (SSSR count). The molecule has 1 atom stereocenters. The zero-order valence-electron chi connectivity index (χ0n) is 15.7. The Labute approximate surface area is 160 Å². The molecule has 0 bridgehead atoms. The highest BCUT2D eigenvalue weighted by Gasteiger charge is 2.43. The van der Waals surface area contributed by atoms with Crippen molar-refractivity contribution < 1.29 is 23.2 Å². The van der Waals surface area contributed by atoms with Gasteiger partial charge in [0.1, 0.15) is 17.1 Å². The van der Waals surface area contributed by atoms with Crippen molar-refractivity contribution in [2.24, 2.45) is 0 Å². The molecule has 0 saturated heterocycles. The molecule has 7 heteroatoms. The second kappa shape index (κ2) is 8.54. The third-order valence-electron chi connectivity index (χ3n) is 4.87. The Balaban J connectivity index is 2.01. The molecule has 0 aliphatic rings. The van der Waals surface area contributed by atoms with Gasteiger partial charge in [-0.3, -0.25) is 10.0 Å². The third-order valence-corrected chi connectivity index (χ3v) is 6.90. The fraction of sp³-hybridized carbons (Fsp3) is 0.350. The van der Waals surface area contributed by atoms with Gasteiger partial charge in [0.05, 0.1) is 0 Å². The molecule has 2 aromatic rings. The molecule has 0 heterocycles. The van der Waals surface area contributed by atoms with E-state index in [1.807, 2.05) is 55.5 Å². The first-order valence-corrected chi connectivity index (χ1v) is 10.5. The highest BCUT2D eigenvalue weighted by molar-refractivity contribution is 7.92. The van der Waals surface area contributed by atoms with E-state index < -0.39 is 20.5 Å². The number of rotatable bonds is 8. The molecule has 0 fully saturated rings. The van der Waals surface area contributed by atoms with Crippen molar-refractivity contribution in [2.75, 3.05) is 6.26 Å². The number of hydroxylamine groups is 1. The van der Waals surface area contributed by atoms with Crippen molar-refractivity contribution in [1.82, 2.24) is 5.48 Å². The normalized spacial score (nSPS) is 13.6. The lowest BCUT2D eigenvalue weighted by atomic mass is 9.99. The van der Waals surface area contributed by atoms with Crippen LogP contribution >= 0.6 is 0 Å². The Bertz CT molecular complexity index is 893. The van der Waals surface area contributed by atoms with E-state index in [2.05, 4.69) is 0 Å². The summed E-state index contributed by atoms with van der Waals surface area (Å²) in [6, 6.07) is 15.3. The summed E-state index contributed by atoms with van der Waals surface area (Å²) in [6.45, 7) is 3.81. The summed E-state index contributed by atoms with van der Waals surface area (Å²) in [4.78, 5) is 11.8. The fourth-order valence-corrected chi connectivity index (χ4v) is 3.51. The van der Waals surface area contributed by atoms with Crippen LogP contribution in [-0.4, -0.2) is 30.5 Å². The molecule has 6 nitrogen and oxygen atoms in total. The predicted octanol–water partition coefficient (Wildman–Crippen LogP) is 2.82. The molecule has 0 aliphatic heterocycles. The Hall–Kier alpha value is -2.38. The van der Waals surface area contributed by atoms with Gasteiger partial charge in [-0.25, -0.2) is 13.9 Å². The van der Waals surface area contributed by atoms with E-state index in [-0.39, 0.29) is 6.42 Å². The molecule has 0 aromatic heterocycles. The Kier molecular flexibility index (Phi) is 6.62. The molecule has 1 unspecified atom stereocenters. The van der Waals surface area contributed by atoms with Crippen molar-refractivity contribution in [3.63, 3.8) is 0 Å². The Morgan fingerprint density at radius 3 is 2.33 bits per heavy atom. The summed E-state index contributed by atoms with van der Waals surface area (Å²) < 4.78 is 28.1. The number of carbonyl (C=O) groups excluding carboxylic acids is 1. The number of aryl methyl sites for hydroxylation is 2. The number of amides is 1. The van der Waals surface area contributed by atoms with E-state index in [0.717, 1.165) is 22.9 Å². The molecule has 2 aromatic carbocycles. The van der Waals surface area contributed by atoms with E-state index in [4.69, 9.17) is 9.94 Å². The predicted molar refractivity (Wildman–Crippen MR) is 103 cm³/mol. The largest absolute Gasteiger partial charge is 0.489 e. The zero-order chi connectivity index (χ0) is 20.1. The first-order valence-electron chi connectivity index (χ1n) is 8.58. The Morgan fingerprint density at radius 1 is 1.15 bits per heavy atom. The monoisotopic (exact) mass is 391 g/mol. The first-order chi connectivity index (χ1) is 12.7. The van der Waals surface area contributed by atoms with Gasteiger partial charge in [-0.2, -0.15) is 0 Å². The lowest BCUT2D eigenvalue weighted by Crippen LogP contribution is -2.49. The zero-order valence-corrected chi connectivity index (χ0v) is 16.5. The summed E-state index contributed by atoms with van der Waals surface area (Å²) in [5.41, 5.74) is 4.61. The minimum absolute atomic E-state index is 0.0572. The number of sulfone groups is 1. The maximum Gasteiger partial charge on any atom is 0.264 e. The number of hydrogen-bond acceptors (Lipinski definition) is 5. The van der Waals surface area contributed by atoms with Gasteiger partial charge >= 0.3 is 0 Å². The summed E-state index contributed by atoms with van der Waals surface area (Å²) in [7, 11) is -3.69. The number of nitrogens with one attached hydrogen (secondary N) is 1. The smallest absolute Gasteiger partial charge is 0.264 e. The standard InChI is InChI=1S/C20H25NO5S/c1-15-6-4-5-7-17(15)14-26-18-10-8-16(9-11-18)12-13-20(2,19(22)21-23)27(3,24)25/h4-11,23H,12-14H2,1-3H3,(H,21,22). The van der Waals surface area contributed by atoms with Gasteiger partial charge in [0, 0.05) is 6.26 Å². The van der Waals surface area contributed by atoms with E-state index in [9.17, 15) is 13.2 Å². The lowest BCUT2D eigenvalue weighted by molar-refractivity contribution is -0.131. The molecule has 2 N–H and O–H groups in total. The molecule has 146 valence electrons. The van der Waals surface area contributed by atoms with Crippen molar-refractivity contribution in [3.05, 3.63) is 65.2 Å². The van der Waals surface area contributed by atoms with Crippen LogP contribution in [-0.2, 0) is 27.7 Å². The molecule has 0 spiro atoms. The van der Waals surface area contributed by atoms with Crippen molar-refractivity contribution in [1.29, 1.82) is 0 Å². The van der Waals surface area contributed by atoms with Gasteiger partial charge < -0.3 is 4.74 Å². The fourth-order valence-electron chi connectivity index (χ4n) is 2.65. The molecule has 0 radical (unpaired) electrons. The molecule has 1 amide bonds. The van der Waals surface area contributed by atoms with Crippen LogP contribution in [0, 0.1) is 6.92 Å². The van der Waals surface area contributed by atoms with Crippen LogP contribution in [0.3, 0.4) is 0 Å². The third kappa shape index (κ3) is 5.08. The van der Waals surface area contributed by atoms with Crippen LogP contribution in [0.2, 0.25) is 0 Å². The topological polar surface area (TPSA) is 92.7 Å². The highest BCUT2D eigenvalue weighted by atomic mass is 32.2. The summed E-state index contributed by atoms with van der Waals surface area (Å²) >= 11 is 0. The van der Waals surface area contributed by atoms with Gasteiger partial charge in [-0.05, 0) is 55.5 Å². The van der Waals surface area contributed by atoms with Crippen LogP contribution in [0.5, 0.6) is 5.75 Å². The second-order valence-corrected chi connectivity index (χ2v) is 9.25. The van der Waals surface area contributed by atoms with Crippen molar-refractivity contribution >= 4 is 15.7 Å². The molecular formula is C20H25NO5S. The molecule has 0 saturated carbocycles. The summed E-state index contributed by atoms with van der Waals surface area (Å²) in [5, 5.41) is 8.86. The van der Waals surface area contributed by atoms with Crippen molar-refractivity contribution in [3.8, 4) is 5.75 Å². The molecule has 0 aliphatic carbocycles. The van der Waals surface area contributed by atoms with E-state index in [1.165, 1.54) is 12.4 Å². The average molecular weight is 391 g/mol. The van der Waals surface area contributed by atoms with Crippen molar-refractivity contribution in [2.45, 2.75) is 38.0 Å². The number of ether oxygens (including phenoxy) is 1. The molecule has 27 heavy (non-hydrogen) atoms. The Morgan fingerprint density at radius 2 is 1.78 bits per heavy atom. The molecular weight excluding hydrogens is 366 g/mol. The van der Waals surface area contributed by atoms with Crippen LogP contribution in [0.1, 0.15) is 30.0 Å². The minimum Gasteiger partial charge on any atom is -0.489 e. The average Bonchev–Trinajstić information content (AvgIpc) is 2.64. The van der Waals surface area contributed by atoms with E-state index in [1.54, 1.807) is 0 Å². The second-order valence-electron chi connectivity index (χ2n) is 6.80. The van der Waals surface area contributed by atoms with Gasteiger partial charge in [0.25, 0.3) is 5.91 Å². The van der Waals surface area contributed by atoms with Crippen LogP contribution in [0.4, 0.5) is 0 Å². The number of benzene rings is 2. The lowest BCUT2D eigenvalue weighted by Gasteiger charge is -2.25. The van der Waals surface area contributed by atoms with Gasteiger partial charge in [0.2, 0.25) is 0 Å². The minimum atomic E-state index is -3.69. The summed E-state index contributed by atoms with van der Waals surface area (Å²) in [6.07, 6.45) is 1.42. The number of carbonyl (C=O) groups is 1. The van der Waals surface area contributed by atoms with Crippen LogP contribution in [0.15, 0.2) is 48.5 Å².